The second kappa shape index (κ2) is 12.8. The van der Waals surface area contributed by atoms with E-state index < -0.39 is 0 Å². The number of methoxy groups -OCH3 is 2. The van der Waals surface area contributed by atoms with Gasteiger partial charge >= 0.3 is 0 Å². The molecule has 10 heteroatoms. The van der Waals surface area contributed by atoms with E-state index in [-0.39, 0.29) is 11.7 Å². The summed E-state index contributed by atoms with van der Waals surface area (Å²) < 4.78 is 12.7. The van der Waals surface area contributed by atoms with E-state index in [1.807, 2.05) is 83.4 Å². The van der Waals surface area contributed by atoms with Crippen LogP contribution in [0.3, 0.4) is 0 Å². The van der Waals surface area contributed by atoms with Gasteiger partial charge in [-0.15, -0.1) is 10.2 Å². The highest BCUT2D eigenvalue weighted by Gasteiger charge is 2.18. The third kappa shape index (κ3) is 6.78. The fraction of sp³-hybridized carbons (Fsp3) is 0.111. The van der Waals surface area contributed by atoms with Crippen LogP contribution < -0.4 is 14.9 Å². The number of benzene rings is 3. The third-order valence-electron chi connectivity index (χ3n) is 5.10. The molecule has 0 aliphatic heterocycles. The number of hydrazone groups is 1. The number of amides is 1. The number of carbonyl (C=O) groups is 1. The van der Waals surface area contributed by atoms with Crippen LogP contribution in [0.2, 0.25) is 0 Å². The fourth-order valence-corrected chi connectivity index (χ4v) is 4.33. The molecule has 188 valence electrons. The number of hydrogen-bond acceptors (Lipinski definition) is 7. The summed E-state index contributed by atoms with van der Waals surface area (Å²) in [6.07, 6.45) is 3.14. The largest absolute Gasteiger partial charge is 0.493 e. The van der Waals surface area contributed by atoms with Gasteiger partial charge < -0.3 is 9.47 Å². The van der Waals surface area contributed by atoms with E-state index in [2.05, 4.69) is 20.7 Å². The number of ether oxygens (including phenoxy) is 2. The van der Waals surface area contributed by atoms with Crippen molar-refractivity contribution in [2.45, 2.75) is 5.16 Å². The summed E-state index contributed by atoms with van der Waals surface area (Å²) in [4.78, 5) is 12.4. The van der Waals surface area contributed by atoms with Crippen molar-refractivity contribution in [2.24, 2.45) is 5.10 Å². The molecule has 0 saturated heterocycles. The van der Waals surface area contributed by atoms with Gasteiger partial charge in [-0.25, -0.2) is 5.43 Å². The number of halogens is 1. The van der Waals surface area contributed by atoms with E-state index in [9.17, 15) is 4.79 Å². The molecule has 0 aliphatic carbocycles. The molecular weight excluding hydrogens is 510 g/mol. The molecule has 37 heavy (non-hydrogen) atoms. The summed E-state index contributed by atoms with van der Waals surface area (Å²) in [5, 5.41) is 13.6. The number of nitrogens with zero attached hydrogens (tertiary/aromatic N) is 4. The van der Waals surface area contributed by atoms with Crippen molar-refractivity contribution in [3.05, 3.63) is 89.5 Å². The van der Waals surface area contributed by atoms with Crippen LogP contribution >= 0.6 is 23.4 Å². The average Bonchev–Trinajstić information content (AvgIpc) is 3.36. The summed E-state index contributed by atoms with van der Waals surface area (Å²) in [7, 11) is 3.16. The number of carbonyl (C=O) groups excluding carboxylic acids is 1. The maximum Gasteiger partial charge on any atom is 0.250 e. The zero-order valence-electron chi connectivity index (χ0n) is 20.2. The van der Waals surface area contributed by atoms with Crippen LogP contribution in [0.5, 0.6) is 11.5 Å². The average molecular weight is 534 g/mol. The smallest absolute Gasteiger partial charge is 0.250 e. The summed E-state index contributed by atoms with van der Waals surface area (Å²) in [6.45, 7) is 0. The Morgan fingerprint density at radius 3 is 2.41 bits per heavy atom. The van der Waals surface area contributed by atoms with Crippen molar-refractivity contribution < 1.29 is 14.3 Å². The lowest BCUT2D eigenvalue weighted by Crippen LogP contribution is -2.19. The fourth-order valence-electron chi connectivity index (χ4n) is 3.41. The predicted molar refractivity (Wildman–Crippen MR) is 148 cm³/mol. The first-order chi connectivity index (χ1) is 18.1. The molecule has 0 unspecified atom stereocenters. The van der Waals surface area contributed by atoms with Gasteiger partial charge in [-0.05, 0) is 42.0 Å². The summed E-state index contributed by atoms with van der Waals surface area (Å²) in [5.74, 6) is 1.57. The Kier molecular flexibility index (Phi) is 8.96. The van der Waals surface area contributed by atoms with E-state index in [0.29, 0.717) is 27.5 Å². The van der Waals surface area contributed by atoms with Crippen LogP contribution in [-0.4, -0.2) is 46.9 Å². The first kappa shape index (κ1) is 26.0. The lowest BCUT2D eigenvalue weighted by atomic mass is 10.2. The molecule has 1 heterocycles. The summed E-state index contributed by atoms with van der Waals surface area (Å²) in [5.41, 5.74) is 5.07. The number of rotatable bonds is 10. The molecule has 0 radical (unpaired) electrons. The SMILES string of the molecule is COc1ccc(-c2nnc(SCC(=O)N/N=C/C(Cl)=C/c3ccccc3)n2-c2ccccc2)cc1OC. The standard InChI is InChI=1S/C27H24ClN5O3S/c1-35-23-14-13-20(16-24(23)36-2)26-31-32-27(33(26)22-11-7-4-8-12-22)37-18-25(34)30-29-17-21(28)15-19-9-5-3-6-10-19/h3-17H,18H2,1-2H3,(H,30,34)/b21-15-,29-17+. The normalized spacial score (nSPS) is 11.5. The quantitative estimate of drug-likeness (QED) is 0.166. The molecule has 0 spiro atoms. The minimum absolute atomic E-state index is 0.0776. The zero-order chi connectivity index (χ0) is 26.0. The highest BCUT2D eigenvalue weighted by molar-refractivity contribution is 7.99. The molecule has 1 aromatic heterocycles. The lowest BCUT2D eigenvalue weighted by Gasteiger charge is -2.12. The van der Waals surface area contributed by atoms with Gasteiger partial charge in [0, 0.05) is 11.3 Å². The topological polar surface area (TPSA) is 90.6 Å². The second-order valence-corrected chi connectivity index (χ2v) is 8.95. The van der Waals surface area contributed by atoms with Gasteiger partial charge in [0.2, 0.25) is 0 Å². The third-order valence-corrected chi connectivity index (χ3v) is 6.24. The first-order valence-electron chi connectivity index (χ1n) is 11.2. The Morgan fingerprint density at radius 2 is 1.70 bits per heavy atom. The van der Waals surface area contributed by atoms with Crippen LogP contribution in [0.25, 0.3) is 23.2 Å². The maximum absolute atomic E-state index is 12.4. The van der Waals surface area contributed by atoms with Crippen LogP contribution in [-0.2, 0) is 4.79 Å². The lowest BCUT2D eigenvalue weighted by molar-refractivity contribution is -0.118. The summed E-state index contributed by atoms with van der Waals surface area (Å²) in [6, 6.07) is 24.8. The molecular formula is C27H24ClN5O3S. The van der Waals surface area contributed by atoms with E-state index in [1.165, 1.54) is 18.0 Å². The Morgan fingerprint density at radius 1 is 1.00 bits per heavy atom. The minimum atomic E-state index is -0.305. The molecule has 0 saturated carbocycles. The highest BCUT2D eigenvalue weighted by atomic mass is 35.5. The van der Waals surface area contributed by atoms with Crippen molar-refractivity contribution >= 4 is 41.6 Å². The van der Waals surface area contributed by atoms with Gasteiger partial charge in [0.15, 0.2) is 22.5 Å². The second-order valence-electron chi connectivity index (χ2n) is 7.57. The molecule has 8 nitrogen and oxygen atoms in total. The van der Waals surface area contributed by atoms with Gasteiger partial charge in [-0.2, -0.15) is 5.10 Å². The van der Waals surface area contributed by atoms with Gasteiger partial charge in [-0.1, -0.05) is 71.9 Å². The van der Waals surface area contributed by atoms with E-state index >= 15 is 0 Å². The van der Waals surface area contributed by atoms with Gasteiger partial charge in [-0.3, -0.25) is 9.36 Å². The van der Waals surface area contributed by atoms with Gasteiger partial charge in [0.1, 0.15) is 0 Å². The number of allylic oxidation sites excluding steroid dienone is 1. The van der Waals surface area contributed by atoms with Crippen molar-refractivity contribution in [3.63, 3.8) is 0 Å². The van der Waals surface area contributed by atoms with Crippen molar-refractivity contribution in [2.75, 3.05) is 20.0 Å². The predicted octanol–water partition coefficient (Wildman–Crippen LogP) is 5.43. The van der Waals surface area contributed by atoms with E-state index in [1.54, 1.807) is 20.3 Å². The minimum Gasteiger partial charge on any atom is -0.493 e. The Bertz CT molecular complexity index is 1410. The van der Waals surface area contributed by atoms with Crippen LogP contribution in [0.1, 0.15) is 5.56 Å². The molecule has 1 N–H and O–H groups in total. The van der Waals surface area contributed by atoms with Gasteiger partial charge in [0.25, 0.3) is 5.91 Å². The number of aromatic nitrogens is 3. The summed E-state index contributed by atoms with van der Waals surface area (Å²) >= 11 is 7.42. The molecule has 0 fully saturated rings. The first-order valence-corrected chi connectivity index (χ1v) is 12.6. The zero-order valence-corrected chi connectivity index (χ0v) is 21.7. The Hall–Kier alpha value is -4.08. The Labute approximate surface area is 224 Å². The molecule has 0 bridgehead atoms. The number of hydrogen-bond donors (Lipinski definition) is 1. The molecule has 4 aromatic rings. The van der Waals surface area contributed by atoms with Crippen LogP contribution in [0.15, 0.2) is 94.2 Å². The molecule has 1 amide bonds. The maximum atomic E-state index is 12.4. The number of thioether (sulfide) groups is 1. The monoisotopic (exact) mass is 533 g/mol. The number of para-hydroxylation sites is 1. The molecule has 0 aliphatic rings. The molecule has 4 rings (SSSR count). The Balaban J connectivity index is 1.50. The highest BCUT2D eigenvalue weighted by Crippen LogP contribution is 2.34. The van der Waals surface area contributed by atoms with E-state index in [4.69, 9.17) is 21.1 Å². The number of nitrogens with one attached hydrogen (secondary N) is 1. The van der Waals surface area contributed by atoms with Crippen LogP contribution in [0, 0.1) is 0 Å². The van der Waals surface area contributed by atoms with Crippen molar-refractivity contribution in [3.8, 4) is 28.6 Å². The van der Waals surface area contributed by atoms with Crippen molar-refractivity contribution in [1.82, 2.24) is 20.2 Å². The van der Waals surface area contributed by atoms with Gasteiger partial charge in [0.05, 0.1) is 31.2 Å². The van der Waals surface area contributed by atoms with Crippen LogP contribution in [0.4, 0.5) is 0 Å². The van der Waals surface area contributed by atoms with E-state index in [0.717, 1.165) is 16.8 Å². The molecule has 0 atom stereocenters. The molecule has 3 aromatic carbocycles. The van der Waals surface area contributed by atoms with Crippen molar-refractivity contribution in [1.29, 1.82) is 0 Å².